The Morgan fingerprint density at radius 1 is 1.11 bits per heavy atom. The van der Waals surface area contributed by atoms with Crippen molar-refractivity contribution < 1.29 is 13.2 Å². The van der Waals surface area contributed by atoms with Crippen LogP contribution in [0.3, 0.4) is 0 Å². The van der Waals surface area contributed by atoms with Crippen molar-refractivity contribution in [2.24, 2.45) is 5.14 Å². The van der Waals surface area contributed by atoms with Crippen LogP contribution in [0, 0.1) is 0 Å². The van der Waals surface area contributed by atoms with E-state index in [-0.39, 0.29) is 4.90 Å². The van der Waals surface area contributed by atoms with E-state index in [2.05, 4.69) is 15.5 Å². The molecule has 1 heterocycles. The van der Waals surface area contributed by atoms with E-state index in [1.54, 1.807) is 24.3 Å². The van der Waals surface area contributed by atoms with Crippen molar-refractivity contribution in [1.82, 2.24) is 10.2 Å². The Kier molecular flexibility index (Phi) is 3.63. The van der Waals surface area contributed by atoms with E-state index in [0.717, 1.165) is 0 Å². The molecule has 0 radical (unpaired) electrons. The van der Waals surface area contributed by atoms with Gasteiger partial charge in [-0.1, -0.05) is 0 Å². The molecule has 0 saturated carbocycles. The zero-order valence-corrected chi connectivity index (χ0v) is 10.9. The molecule has 7 nitrogen and oxygen atoms in total. The highest BCUT2D eigenvalue weighted by atomic mass is 32.2. The summed E-state index contributed by atoms with van der Waals surface area (Å²) in [6, 6.07) is 9.36. The van der Waals surface area contributed by atoms with E-state index in [0.29, 0.717) is 17.4 Å². The predicted octanol–water partition coefficient (Wildman–Crippen LogP) is 0.876. The van der Waals surface area contributed by atoms with Gasteiger partial charge in [-0.15, -0.1) is 10.2 Å². The van der Waals surface area contributed by atoms with Gasteiger partial charge in [0.15, 0.2) is 5.82 Å². The van der Waals surface area contributed by atoms with Crippen LogP contribution in [0.25, 0.3) is 0 Å². The molecule has 2 rings (SSSR count). The number of aromatic nitrogens is 2. The fourth-order valence-electron chi connectivity index (χ4n) is 1.37. The fourth-order valence-corrected chi connectivity index (χ4v) is 1.89. The molecule has 0 fully saturated rings. The molecule has 0 spiro atoms. The van der Waals surface area contributed by atoms with Crippen LogP contribution in [-0.4, -0.2) is 25.7 Å². The highest BCUT2D eigenvalue weighted by Crippen LogP contribution is 2.17. The molecule has 0 bridgehead atoms. The molecule has 8 heteroatoms. The van der Waals surface area contributed by atoms with Gasteiger partial charge < -0.3 is 10.1 Å². The van der Waals surface area contributed by atoms with E-state index in [9.17, 15) is 8.42 Å². The van der Waals surface area contributed by atoms with Crippen LogP contribution in [0.4, 0.5) is 11.5 Å². The van der Waals surface area contributed by atoms with Crippen molar-refractivity contribution in [3.8, 4) is 5.88 Å². The molecule has 0 saturated heterocycles. The number of primary sulfonamides is 1. The Morgan fingerprint density at radius 2 is 1.79 bits per heavy atom. The first-order valence-electron chi connectivity index (χ1n) is 5.26. The summed E-state index contributed by atoms with van der Waals surface area (Å²) in [7, 11) is -2.17. The minimum absolute atomic E-state index is 0.0545. The molecule has 2 aromatic rings. The Bertz CT molecular complexity index is 653. The van der Waals surface area contributed by atoms with Gasteiger partial charge in [0, 0.05) is 11.8 Å². The summed E-state index contributed by atoms with van der Waals surface area (Å²) in [5.74, 6) is 0.930. The maximum atomic E-state index is 11.1. The first-order chi connectivity index (χ1) is 8.99. The molecule has 0 amide bonds. The van der Waals surface area contributed by atoms with Crippen molar-refractivity contribution in [3.05, 3.63) is 36.4 Å². The smallest absolute Gasteiger partial charge is 0.238 e. The second-order valence-corrected chi connectivity index (χ2v) is 5.22. The molecule has 0 aliphatic heterocycles. The maximum absolute atomic E-state index is 11.1. The summed E-state index contributed by atoms with van der Waals surface area (Å²) < 4.78 is 27.1. The molecule has 0 aliphatic rings. The SMILES string of the molecule is COc1ccc(Nc2ccc(S(N)(=O)=O)cc2)nn1. The molecule has 0 atom stereocenters. The Hall–Kier alpha value is -2.19. The zero-order valence-electron chi connectivity index (χ0n) is 10.1. The van der Waals surface area contributed by atoms with Gasteiger partial charge in [0.05, 0.1) is 12.0 Å². The van der Waals surface area contributed by atoms with Gasteiger partial charge >= 0.3 is 0 Å². The summed E-state index contributed by atoms with van der Waals surface area (Å²) in [5.41, 5.74) is 0.673. The van der Waals surface area contributed by atoms with Crippen LogP contribution < -0.4 is 15.2 Å². The first kappa shape index (κ1) is 13.2. The lowest BCUT2D eigenvalue weighted by molar-refractivity contribution is 0.392. The third kappa shape index (κ3) is 3.39. The number of benzene rings is 1. The van der Waals surface area contributed by atoms with Crippen molar-refractivity contribution >= 4 is 21.5 Å². The zero-order chi connectivity index (χ0) is 13.9. The molecule has 100 valence electrons. The molecular formula is C11H12N4O3S. The second-order valence-electron chi connectivity index (χ2n) is 3.66. The summed E-state index contributed by atoms with van der Waals surface area (Å²) in [5, 5.41) is 15.7. The van der Waals surface area contributed by atoms with Crippen LogP contribution in [-0.2, 0) is 10.0 Å². The molecule has 0 aliphatic carbocycles. The van der Waals surface area contributed by atoms with Crippen LogP contribution >= 0.6 is 0 Å². The maximum Gasteiger partial charge on any atom is 0.238 e. The molecular weight excluding hydrogens is 268 g/mol. The van der Waals surface area contributed by atoms with Gasteiger partial charge in [-0.05, 0) is 30.3 Å². The molecule has 1 aromatic carbocycles. The Balaban J connectivity index is 2.15. The van der Waals surface area contributed by atoms with Gasteiger partial charge in [-0.3, -0.25) is 0 Å². The number of rotatable bonds is 4. The highest BCUT2D eigenvalue weighted by Gasteiger charge is 2.06. The van der Waals surface area contributed by atoms with Gasteiger partial charge in [-0.25, -0.2) is 13.6 Å². The van der Waals surface area contributed by atoms with Crippen molar-refractivity contribution in [2.75, 3.05) is 12.4 Å². The first-order valence-corrected chi connectivity index (χ1v) is 6.81. The van der Waals surface area contributed by atoms with Gasteiger partial charge in [0.2, 0.25) is 15.9 Å². The van der Waals surface area contributed by atoms with Gasteiger partial charge in [0.1, 0.15) is 0 Å². The van der Waals surface area contributed by atoms with Crippen LogP contribution in [0.15, 0.2) is 41.3 Å². The van der Waals surface area contributed by atoms with Crippen LogP contribution in [0.1, 0.15) is 0 Å². The monoisotopic (exact) mass is 280 g/mol. The van der Waals surface area contributed by atoms with Crippen molar-refractivity contribution in [2.45, 2.75) is 4.90 Å². The summed E-state index contributed by atoms with van der Waals surface area (Å²) in [6.45, 7) is 0. The normalized spacial score (nSPS) is 11.1. The number of nitrogens with one attached hydrogen (secondary N) is 1. The lowest BCUT2D eigenvalue weighted by atomic mass is 10.3. The van der Waals surface area contributed by atoms with Crippen molar-refractivity contribution in [3.63, 3.8) is 0 Å². The average Bonchev–Trinajstić information content (AvgIpc) is 2.39. The number of ether oxygens (including phenoxy) is 1. The molecule has 3 N–H and O–H groups in total. The van der Waals surface area contributed by atoms with E-state index >= 15 is 0 Å². The van der Waals surface area contributed by atoms with E-state index in [4.69, 9.17) is 9.88 Å². The number of hydrogen-bond acceptors (Lipinski definition) is 6. The van der Waals surface area contributed by atoms with Crippen LogP contribution in [0.5, 0.6) is 5.88 Å². The fraction of sp³-hybridized carbons (Fsp3) is 0.0909. The quantitative estimate of drug-likeness (QED) is 0.860. The number of nitrogens with zero attached hydrogens (tertiary/aromatic N) is 2. The van der Waals surface area contributed by atoms with E-state index in [1.165, 1.54) is 19.2 Å². The number of anilines is 2. The molecule has 0 unspecified atom stereocenters. The number of nitrogens with two attached hydrogens (primary N) is 1. The second kappa shape index (κ2) is 5.21. The molecule has 1 aromatic heterocycles. The van der Waals surface area contributed by atoms with Gasteiger partial charge in [-0.2, -0.15) is 0 Å². The number of methoxy groups -OCH3 is 1. The third-order valence-electron chi connectivity index (χ3n) is 2.30. The molecule has 19 heavy (non-hydrogen) atoms. The van der Waals surface area contributed by atoms with Crippen molar-refractivity contribution in [1.29, 1.82) is 0 Å². The number of sulfonamides is 1. The van der Waals surface area contributed by atoms with Crippen LogP contribution in [0.2, 0.25) is 0 Å². The third-order valence-corrected chi connectivity index (χ3v) is 3.23. The standard InChI is InChI=1S/C11H12N4O3S/c1-18-11-7-6-10(14-15-11)13-8-2-4-9(5-3-8)19(12,16)17/h2-7H,1H3,(H,13,14)(H2,12,16,17). The largest absolute Gasteiger partial charge is 0.480 e. The number of hydrogen-bond donors (Lipinski definition) is 2. The van der Waals surface area contributed by atoms with E-state index in [1.807, 2.05) is 0 Å². The predicted molar refractivity (Wildman–Crippen MR) is 69.7 cm³/mol. The highest BCUT2D eigenvalue weighted by molar-refractivity contribution is 7.89. The summed E-state index contributed by atoms with van der Waals surface area (Å²) >= 11 is 0. The summed E-state index contributed by atoms with van der Waals surface area (Å²) in [4.78, 5) is 0.0545. The minimum Gasteiger partial charge on any atom is -0.480 e. The summed E-state index contributed by atoms with van der Waals surface area (Å²) in [6.07, 6.45) is 0. The van der Waals surface area contributed by atoms with Gasteiger partial charge in [0.25, 0.3) is 0 Å². The minimum atomic E-state index is -3.67. The topological polar surface area (TPSA) is 107 Å². The van der Waals surface area contributed by atoms with E-state index < -0.39 is 10.0 Å². The Labute approximate surface area is 110 Å². The Morgan fingerprint density at radius 3 is 2.26 bits per heavy atom. The average molecular weight is 280 g/mol. The lowest BCUT2D eigenvalue weighted by Gasteiger charge is -2.06. The lowest BCUT2D eigenvalue weighted by Crippen LogP contribution is -2.11.